The van der Waals surface area contributed by atoms with Gasteiger partial charge in [0.1, 0.15) is 0 Å². The van der Waals surface area contributed by atoms with Crippen LogP contribution in [0, 0.1) is 5.92 Å². The Kier molecular flexibility index (Phi) is 6.37. The van der Waals surface area contributed by atoms with Gasteiger partial charge in [-0.25, -0.2) is 0 Å². The molecule has 0 aromatic carbocycles. The van der Waals surface area contributed by atoms with Crippen LogP contribution in [-0.2, 0) is 0 Å². The average molecular weight is 226 g/mol. The van der Waals surface area contributed by atoms with E-state index in [0.717, 1.165) is 18.5 Å². The van der Waals surface area contributed by atoms with Crippen LogP contribution in [0.3, 0.4) is 0 Å². The van der Waals surface area contributed by atoms with Gasteiger partial charge in [-0.3, -0.25) is 0 Å². The van der Waals surface area contributed by atoms with Crippen molar-refractivity contribution in [2.24, 2.45) is 5.92 Å². The largest absolute Gasteiger partial charge is 0.314 e. The first kappa shape index (κ1) is 14.0. The highest BCUT2D eigenvalue weighted by molar-refractivity contribution is 4.85. The van der Waals surface area contributed by atoms with Gasteiger partial charge >= 0.3 is 0 Å². The van der Waals surface area contributed by atoms with E-state index in [4.69, 9.17) is 0 Å². The molecular formula is C14H30N2. The van der Waals surface area contributed by atoms with E-state index in [9.17, 15) is 0 Å². The van der Waals surface area contributed by atoms with Gasteiger partial charge in [0.25, 0.3) is 0 Å². The Bertz CT molecular complexity index is 180. The minimum Gasteiger partial charge on any atom is -0.314 e. The Morgan fingerprint density at radius 2 is 2.00 bits per heavy atom. The Labute approximate surface area is 102 Å². The molecule has 0 aliphatic heterocycles. The topological polar surface area (TPSA) is 15.3 Å². The molecule has 1 aliphatic carbocycles. The molecule has 1 N–H and O–H groups in total. The fourth-order valence-electron chi connectivity index (χ4n) is 2.94. The van der Waals surface area contributed by atoms with E-state index in [-0.39, 0.29) is 0 Å². The predicted molar refractivity (Wildman–Crippen MR) is 71.8 cm³/mol. The Morgan fingerprint density at radius 3 is 2.56 bits per heavy atom. The van der Waals surface area contributed by atoms with Crippen molar-refractivity contribution in [2.45, 2.75) is 65.5 Å². The third-order valence-corrected chi connectivity index (χ3v) is 3.84. The second-order valence-electron chi connectivity index (χ2n) is 5.44. The summed E-state index contributed by atoms with van der Waals surface area (Å²) < 4.78 is 0. The summed E-state index contributed by atoms with van der Waals surface area (Å²) in [5.41, 5.74) is 0. The van der Waals surface area contributed by atoms with Gasteiger partial charge in [-0.15, -0.1) is 0 Å². The number of rotatable bonds is 7. The van der Waals surface area contributed by atoms with Crippen molar-refractivity contribution in [1.29, 1.82) is 0 Å². The summed E-state index contributed by atoms with van der Waals surface area (Å²) >= 11 is 0. The molecule has 0 aromatic heterocycles. The lowest BCUT2D eigenvalue weighted by molar-refractivity contribution is 0.175. The van der Waals surface area contributed by atoms with E-state index in [1.165, 1.54) is 38.8 Å². The van der Waals surface area contributed by atoms with Gasteiger partial charge < -0.3 is 10.2 Å². The molecule has 1 aliphatic rings. The first-order valence-corrected chi connectivity index (χ1v) is 7.16. The van der Waals surface area contributed by atoms with E-state index in [1.54, 1.807) is 0 Å². The second-order valence-corrected chi connectivity index (χ2v) is 5.44. The molecule has 0 aromatic rings. The molecule has 1 saturated carbocycles. The van der Waals surface area contributed by atoms with Gasteiger partial charge in [-0.05, 0) is 52.1 Å². The lowest BCUT2D eigenvalue weighted by Gasteiger charge is -2.31. The van der Waals surface area contributed by atoms with Crippen molar-refractivity contribution >= 4 is 0 Å². The van der Waals surface area contributed by atoms with Crippen LogP contribution in [-0.4, -0.2) is 36.6 Å². The standard InChI is InChI=1S/C14H30N2/c1-5-10-16(12(3)4)11-13-8-7-9-14(13)15-6-2/h12-15H,5-11H2,1-4H3. The number of hydrogen-bond acceptors (Lipinski definition) is 2. The van der Waals surface area contributed by atoms with Crippen LogP contribution in [0.4, 0.5) is 0 Å². The van der Waals surface area contributed by atoms with Crippen LogP contribution in [0.15, 0.2) is 0 Å². The van der Waals surface area contributed by atoms with Gasteiger partial charge in [-0.1, -0.05) is 20.3 Å². The highest BCUT2D eigenvalue weighted by Gasteiger charge is 2.28. The van der Waals surface area contributed by atoms with Crippen LogP contribution in [0.5, 0.6) is 0 Å². The van der Waals surface area contributed by atoms with Crippen molar-refractivity contribution < 1.29 is 0 Å². The Morgan fingerprint density at radius 1 is 1.25 bits per heavy atom. The second kappa shape index (κ2) is 7.29. The average Bonchev–Trinajstić information content (AvgIpc) is 2.65. The summed E-state index contributed by atoms with van der Waals surface area (Å²) in [6.07, 6.45) is 5.50. The van der Waals surface area contributed by atoms with Crippen molar-refractivity contribution in [2.75, 3.05) is 19.6 Å². The zero-order valence-electron chi connectivity index (χ0n) is 11.6. The molecule has 2 nitrogen and oxygen atoms in total. The summed E-state index contributed by atoms with van der Waals surface area (Å²) in [4.78, 5) is 2.65. The molecule has 16 heavy (non-hydrogen) atoms. The summed E-state index contributed by atoms with van der Waals surface area (Å²) in [6.45, 7) is 12.8. The third-order valence-electron chi connectivity index (χ3n) is 3.84. The molecule has 0 heterocycles. The highest BCUT2D eigenvalue weighted by Crippen LogP contribution is 2.27. The molecule has 0 amide bonds. The van der Waals surface area contributed by atoms with Crippen LogP contribution in [0.1, 0.15) is 53.4 Å². The van der Waals surface area contributed by atoms with E-state index in [2.05, 4.69) is 37.9 Å². The maximum absolute atomic E-state index is 3.65. The van der Waals surface area contributed by atoms with Gasteiger partial charge in [0.05, 0.1) is 0 Å². The SMILES string of the molecule is CCCN(CC1CCCC1NCC)C(C)C. The highest BCUT2D eigenvalue weighted by atomic mass is 15.1. The molecule has 96 valence electrons. The van der Waals surface area contributed by atoms with E-state index >= 15 is 0 Å². The molecule has 0 saturated heterocycles. The number of nitrogens with zero attached hydrogens (tertiary/aromatic N) is 1. The fraction of sp³-hybridized carbons (Fsp3) is 1.00. The maximum atomic E-state index is 3.65. The quantitative estimate of drug-likeness (QED) is 0.718. The van der Waals surface area contributed by atoms with Crippen molar-refractivity contribution in [3.05, 3.63) is 0 Å². The lowest BCUT2D eigenvalue weighted by Crippen LogP contribution is -2.42. The number of nitrogens with one attached hydrogen (secondary N) is 1. The van der Waals surface area contributed by atoms with Crippen molar-refractivity contribution in [1.82, 2.24) is 10.2 Å². The molecule has 2 unspecified atom stereocenters. The summed E-state index contributed by atoms with van der Waals surface area (Å²) in [5.74, 6) is 0.883. The lowest BCUT2D eigenvalue weighted by atomic mass is 10.0. The minimum atomic E-state index is 0.697. The van der Waals surface area contributed by atoms with Crippen LogP contribution in [0.2, 0.25) is 0 Å². The minimum absolute atomic E-state index is 0.697. The first-order valence-electron chi connectivity index (χ1n) is 7.16. The molecule has 0 spiro atoms. The maximum Gasteiger partial charge on any atom is 0.0107 e. The van der Waals surface area contributed by atoms with Crippen LogP contribution < -0.4 is 5.32 Å². The molecule has 2 heteroatoms. The van der Waals surface area contributed by atoms with Gasteiger partial charge in [-0.2, -0.15) is 0 Å². The van der Waals surface area contributed by atoms with Crippen LogP contribution in [0.25, 0.3) is 0 Å². The predicted octanol–water partition coefficient (Wildman–Crippen LogP) is 2.89. The Hall–Kier alpha value is -0.0800. The molecule has 0 bridgehead atoms. The van der Waals surface area contributed by atoms with Gasteiger partial charge in [0.15, 0.2) is 0 Å². The zero-order valence-corrected chi connectivity index (χ0v) is 11.6. The van der Waals surface area contributed by atoms with E-state index in [0.29, 0.717) is 6.04 Å². The third kappa shape index (κ3) is 4.06. The molecule has 2 atom stereocenters. The summed E-state index contributed by atoms with van der Waals surface area (Å²) in [5, 5.41) is 3.65. The monoisotopic (exact) mass is 226 g/mol. The zero-order chi connectivity index (χ0) is 12.0. The van der Waals surface area contributed by atoms with Crippen molar-refractivity contribution in [3.8, 4) is 0 Å². The van der Waals surface area contributed by atoms with Crippen molar-refractivity contribution in [3.63, 3.8) is 0 Å². The Balaban J connectivity index is 2.43. The normalized spacial score (nSPS) is 25.9. The summed E-state index contributed by atoms with van der Waals surface area (Å²) in [6, 6.07) is 1.48. The van der Waals surface area contributed by atoms with E-state index in [1.807, 2.05) is 0 Å². The smallest absolute Gasteiger partial charge is 0.0107 e. The molecule has 1 fully saturated rings. The van der Waals surface area contributed by atoms with E-state index < -0.39 is 0 Å². The van der Waals surface area contributed by atoms with Gasteiger partial charge in [0, 0.05) is 18.6 Å². The summed E-state index contributed by atoms with van der Waals surface area (Å²) in [7, 11) is 0. The fourth-order valence-corrected chi connectivity index (χ4v) is 2.94. The molecule has 0 radical (unpaired) electrons. The van der Waals surface area contributed by atoms with Gasteiger partial charge in [0.2, 0.25) is 0 Å². The molecular weight excluding hydrogens is 196 g/mol. The molecule has 1 rings (SSSR count). The number of hydrogen-bond donors (Lipinski definition) is 1. The first-order chi connectivity index (χ1) is 7.69. The van der Waals surface area contributed by atoms with Crippen LogP contribution >= 0.6 is 0 Å².